The second-order valence-electron chi connectivity index (χ2n) is 7.02. The summed E-state index contributed by atoms with van der Waals surface area (Å²) in [6, 6.07) is 20.5. The van der Waals surface area contributed by atoms with E-state index < -0.39 is 0 Å². The molecule has 30 heavy (non-hydrogen) atoms. The van der Waals surface area contributed by atoms with Gasteiger partial charge < -0.3 is 10.6 Å². The number of carbonyl (C=O) groups is 2. The number of aromatic nitrogens is 2. The van der Waals surface area contributed by atoms with Crippen molar-refractivity contribution in [2.45, 2.75) is 20.3 Å². The van der Waals surface area contributed by atoms with Gasteiger partial charge in [0.15, 0.2) is 5.69 Å². The molecule has 0 bridgehead atoms. The highest BCUT2D eigenvalue weighted by molar-refractivity contribution is 6.10. The molecule has 6 heteroatoms. The van der Waals surface area contributed by atoms with Crippen LogP contribution in [0, 0.1) is 6.92 Å². The fourth-order valence-corrected chi connectivity index (χ4v) is 3.32. The number of hydrogen-bond acceptors (Lipinski definition) is 3. The predicted molar refractivity (Wildman–Crippen MR) is 118 cm³/mol. The van der Waals surface area contributed by atoms with Crippen molar-refractivity contribution in [2.75, 3.05) is 10.6 Å². The second kappa shape index (κ2) is 8.21. The van der Waals surface area contributed by atoms with E-state index in [2.05, 4.69) is 15.6 Å². The number of imidazole rings is 1. The fraction of sp³-hybridized carbons (Fsp3) is 0.125. The van der Waals surface area contributed by atoms with Gasteiger partial charge >= 0.3 is 0 Å². The molecule has 4 rings (SSSR count). The Morgan fingerprint density at radius 1 is 0.900 bits per heavy atom. The summed E-state index contributed by atoms with van der Waals surface area (Å²) < 4.78 is 1.63. The Bertz CT molecular complexity index is 1230. The molecule has 2 aromatic heterocycles. The van der Waals surface area contributed by atoms with Crippen molar-refractivity contribution in [2.24, 2.45) is 0 Å². The van der Waals surface area contributed by atoms with Gasteiger partial charge in [-0.25, -0.2) is 4.98 Å². The van der Waals surface area contributed by atoms with Gasteiger partial charge in [-0.15, -0.1) is 0 Å². The number of anilines is 2. The van der Waals surface area contributed by atoms with Crippen molar-refractivity contribution in [3.63, 3.8) is 0 Å². The molecule has 2 heterocycles. The van der Waals surface area contributed by atoms with Crippen LogP contribution in [0.4, 0.5) is 11.4 Å². The van der Waals surface area contributed by atoms with E-state index in [1.165, 1.54) is 0 Å². The Morgan fingerprint density at radius 3 is 2.40 bits per heavy atom. The van der Waals surface area contributed by atoms with Crippen LogP contribution in [0.25, 0.3) is 5.52 Å². The van der Waals surface area contributed by atoms with Crippen LogP contribution in [-0.4, -0.2) is 21.2 Å². The molecule has 0 fully saturated rings. The molecule has 6 nitrogen and oxygen atoms in total. The molecule has 0 aliphatic heterocycles. The molecule has 0 aliphatic rings. The summed E-state index contributed by atoms with van der Waals surface area (Å²) in [5.41, 5.74) is 4.32. The highest BCUT2D eigenvalue weighted by Crippen LogP contribution is 2.20. The minimum atomic E-state index is -0.381. The van der Waals surface area contributed by atoms with Crippen LogP contribution >= 0.6 is 0 Å². The largest absolute Gasteiger partial charge is 0.320 e. The van der Waals surface area contributed by atoms with Crippen LogP contribution < -0.4 is 10.6 Å². The first-order valence-corrected chi connectivity index (χ1v) is 9.81. The topological polar surface area (TPSA) is 75.5 Å². The SMILES string of the molecule is CCc1ccccc1NC(=O)c1nc(C(=O)Nc2ccc(C)cc2)n2ccccc12. The Morgan fingerprint density at radius 2 is 1.63 bits per heavy atom. The van der Waals surface area contributed by atoms with Gasteiger partial charge in [0.2, 0.25) is 5.82 Å². The predicted octanol–water partition coefficient (Wildman–Crippen LogP) is 4.71. The normalized spacial score (nSPS) is 10.7. The van der Waals surface area contributed by atoms with Gasteiger partial charge in [0.1, 0.15) is 0 Å². The number of nitrogens with zero attached hydrogens (tertiary/aromatic N) is 2. The minimum absolute atomic E-state index is 0.153. The number of amides is 2. The molecule has 2 N–H and O–H groups in total. The molecule has 2 amide bonds. The fourth-order valence-electron chi connectivity index (χ4n) is 3.32. The van der Waals surface area contributed by atoms with Crippen LogP contribution in [0.2, 0.25) is 0 Å². The highest BCUT2D eigenvalue weighted by Gasteiger charge is 2.22. The first-order chi connectivity index (χ1) is 14.6. The first-order valence-electron chi connectivity index (χ1n) is 9.81. The van der Waals surface area contributed by atoms with E-state index >= 15 is 0 Å². The lowest BCUT2D eigenvalue weighted by atomic mass is 10.1. The molecule has 0 saturated heterocycles. The molecule has 0 radical (unpaired) electrons. The van der Waals surface area contributed by atoms with E-state index in [1.807, 2.05) is 68.4 Å². The van der Waals surface area contributed by atoms with E-state index in [9.17, 15) is 9.59 Å². The molecule has 0 spiro atoms. The van der Waals surface area contributed by atoms with Crippen LogP contribution in [-0.2, 0) is 6.42 Å². The summed E-state index contributed by atoms with van der Waals surface area (Å²) >= 11 is 0. The number of benzene rings is 2. The third-order valence-corrected chi connectivity index (χ3v) is 4.92. The molecule has 0 saturated carbocycles. The molecule has 0 atom stereocenters. The van der Waals surface area contributed by atoms with Gasteiger partial charge in [-0.05, 0) is 49.2 Å². The third kappa shape index (κ3) is 3.80. The number of fused-ring (bicyclic) bond motifs is 1. The van der Waals surface area contributed by atoms with Crippen molar-refractivity contribution < 1.29 is 9.59 Å². The van der Waals surface area contributed by atoms with E-state index in [0.29, 0.717) is 11.2 Å². The Hall–Kier alpha value is -3.93. The Labute approximate surface area is 174 Å². The number of rotatable bonds is 5. The van der Waals surface area contributed by atoms with Crippen molar-refractivity contribution in [3.8, 4) is 0 Å². The van der Waals surface area contributed by atoms with Crippen LogP contribution in [0.15, 0.2) is 72.9 Å². The number of nitrogens with one attached hydrogen (secondary N) is 2. The molecular weight excluding hydrogens is 376 g/mol. The average Bonchev–Trinajstić information content (AvgIpc) is 3.16. The van der Waals surface area contributed by atoms with Crippen LogP contribution in [0.3, 0.4) is 0 Å². The molecular formula is C24H22N4O2. The number of pyridine rings is 1. The number of hydrogen-bond donors (Lipinski definition) is 2. The summed E-state index contributed by atoms with van der Waals surface area (Å²) in [6.07, 6.45) is 2.52. The molecule has 150 valence electrons. The molecule has 2 aromatic carbocycles. The monoisotopic (exact) mass is 398 g/mol. The van der Waals surface area contributed by atoms with Gasteiger partial charge in [0.25, 0.3) is 11.8 Å². The standard InChI is InChI=1S/C24H22N4O2/c1-3-17-8-4-5-9-19(17)26-23(29)21-20-10-6-7-15-28(20)22(27-21)24(30)25-18-13-11-16(2)12-14-18/h4-15H,3H2,1-2H3,(H,25,30)(H,26,29). The summed E-state index contributed by atoms with van der Waals surface area (Å²) in [6.45, 7) is 4.01. The van der Waals surface area contributed by atoms with Gasteiger partial charge in [-0.3, -0.25) is 14.0 Å². The number of carbonyl (C=O) groups excluding carboxylic acids is 2. The van der Waals surface area contributed by atoms with E-state index in [-0.39, 0.29) is 23.3 Å². The number of aryl methyl sites for hydroxylation is 2. The van der Waals surface area contributed by atoms with E-state index in [0.717, 1.165) is 23.2 Å². The molecule has 0 unspecified atom stereocenters. The smallest absolute Gasteiger partial charge is 0.292 e. The minimum Gasteiger partial charge on any atom is -0.320 e. The van der Waals surface area contributed by atoms with E-state index in [1.54, 1.807) is 22.7 Å². The third-order valence-electron chi connectivity index (χ3n) is 4.92. The number of para-hydroxylation sites is 1. The maximum Gasteiger partial charge on any atom is 0.292 e. The highest BCUT2D eigenvalue weighted by atomic mass is 16.2. The molecule has 0 aliphatic carbocycles. The van der Waals surface area contributed by atoms with Crippen molar-refractivity contribution in [1.29, 1.82) is 0 Å². The zero-order valence-electron chi connectivity index (χ0n) is 16.8. The summed E-state index contributed by atoms with van der Waals surface area (Å²) in [5.74, 6) is -0.581. The molecule has 4 aromatic rings. The lowest BCUT2D eigenvalue weighted by Crippen LogP contribution is -2.16. The summed E-state index contributed by atoms with van der Waals surface area (Å²) in [4.78, 5) is 30.3. The van der Waals surface area contributed by atoms with Crippen molar-refractivity contribution in [3.05, 3.63) is 95.6 Å². The van der Waals surface area contributed by atoms with E-state index in [4.69, 9.17) is 0 Å². The summed E-state index contributed by atoms with van der Waals surface area (Å²) in [5, 5.41) is 5.78. The Kier molecular flexibility index (Phi) is 5.30. The second-order valence-corrected chi connectivity index (χ2v) is 7.02. The summed E-state index contributed by atoms with van der Waals surface area (Å²) in [7, 11) is 0. The Balaban J connectivity index is 1.67. The first kappa shape index (κ1) is 19.4. The van der Waals surface area contributed by atoms with Gasteiger partial charge in [-0.1, -0.05) is 48.9 Å². The van der Waals surface area contributed by atoms with Gasteiger partial charge in [0, 0.05) is 17.6 Å². The van der Waals surface area contributed by atoms with Crippen molar-refractivity contribution in [1.82, 2.24) is 9.38 Å². The van der Waals surface area contributed by atoms with Gasteiger partial charge in [-0.2, -0.15) is 0 Å². The van der Waals surface area contributed by atoms with Crippen LogP contribution in [0.1, 0.15) is 39.2 Å². The lowest BCUT2D eigenvalue weighted by Gasteiger charge is -2.08. The quantitative estimate of drug-likeness (QED) is 0.511. The van der Waals surface area contributed by atoms with Crippen molar-refractivity contribution >= 4 is 28.7 Å². The maximum absolute atomic E-state index is 13.0. The zero-order valence-corrected chi connectivity index (χ0v) is 16.8. The zero-order chi connectivity index (χ0) is 21.1. The maximum atomic E-state index is 13.0. The average molecular weight is 398 g/mol. The lowest BCUT2D eigenvalue weighted by molar-refractivity contribution is 0.101. The van der Waals surface area contributed by atoms with Gasteiger partial charge in [0.05, 0.1) is 5.52 Å². The van der Waals surface area contributed by atoms with Crippen LogP contribution in [0.5, 0.6) is 0 Å².